The van der Waals surface area contributed by atoms with E-state index in [9.17, 15) is 24.6 Å². The normalized spacial score (nSPS) is 47.5. The largest absolute Gasteiger partial charge is 0.472 e. The monoisotopic (exact) mass is 586 g/mol. The molecule has 9 heteroatoms. The standard InChI is InChI=1S/C33H46O9/c1-16(2)25(36)28(38)41-23-13-20-29(4,5)21(35)14-22(40-17(3)34)31(20,7)19-9-11-30(6)24(18-10-12-39-15-18)26(37)27-33(30,42-27)32(19,23)8/h10,12,15-16,19-25,27,35-36H,9,11,13-14H2,1-8H3/t19-,20+,21-,22+,23-,24-,25?,27-,30+,31-,32+,33-/m1/s1. The maximum atomic E-state index is 14.1. The third-order valence-corrected chi connectivity index (χ3v) is 12.9. The summed E-state index contributed by atoms with van der Waals surface area (Å²) < 4.78 is 24.4. The molecule has 0 bridgehead atoms. The molecule has 1 saturated heterocycles. The summed E-state index contributed by atoms with van der Waals surface area (Å²) in [7, 11) is 0. The summed E-state index contributed by atoms with van der Waals surface area (Å²) >= 11 is 0. The second-order valence-electron chi connectivity index (χ2n) is 15.4. The Labute approximate surface area is 247 Å². The van der Waals surface area contributed by atoms with Gasteiger partial charge >= 0.3 is 11.9 Å². The van der Waals surface area contributed by atoms with Gasteiger partial charge in [0.1, 0.15) is 23.9 Å². The van der Waals surface area contributed by atoms with Crippen molar-refractivity contribution in [2.75, 3.05) is 0 Å². The molecule has 4 aliphatic carbocycles. The van der Waals surface area contributed by atoms with Gasteiger partial charge in [-0.05, 0) is 48.5 Å². The topological polar surface area (TPSA) is 136 Å². The van der Waals surface area contributed by atoms with Crippen LogP contribution < -0.4 is 0 Å². The van der Waals surface area contributed by atoms with Crippen molar-refractivity contribution in [1.29, 1.82) is 0 Å². The van der Waals surface area contributed by atoms with E-state index in [1.807, 2.05) is 19.9 Å². The molecule has 2 N–H and O–H groups in total. The number of hydrogen-bond acceptors (Lipinski definition) is 9. The van der Waals surface area contributed by atoms with Crippen molar-refractivity contribution in [2.45, 2.75) is 123 Å². The van der Waals surface area contributed by atoms with Crippen LogP contribution in [0.4, 0.5) is 0 Å². The van der Waals surface area contributed by atoms with Crippen molar-refractivity contribution < 1.29 is 43.2 Å². The van der Waals surface area contributed by atoms with Crippen LogP contribution in [0.15, 0.2) is 23.0 Å². The van der Waals surface area contributed by atoms with Crippen LogP contribution in [0.2, 0.25) is 0 Å². The first-order valence-electron chi connectivity index (χ1n) is 15.5. The molecule has 12 atom stereocenters. The lowest BCUT2D eigenvalue weighted by Crippen LogP contribution is -2.74. The molecule has 5 fully saturated rings. The van der Waals surface area contributed by atoms with Crippen molar-refractivity contribution >= 4 is 17.7 Å². The Kier molecular flexibility index (Phi) is 6.49. The van der Waals surface area contributed by atoms with Crippen molar-refractivity contribution in [3.63, 3.8) is 0 Å². The fourth-order valence-electron chi connectivity index (χ4n) is 10.8. The summed E-state index contributed by atoms with van der Waals surface area (Å²) in [6.45, 7) is 15.3. The van der Waals surface area contributed by atoms with Crippen LogP contribution >= 0.6 is 0 Å². The maximum absolute atomic E-state index is 14.1. The first kappa shape index (κ1) is 29.8. The predicted molar refractivity (Wildman–Crippen MR) is 150 cm³/mol. The molecular formula is C33H46O9. The van der Waals surface area contributed by atoms with Crippen LogP contribution in [0.1, 0.15) is 92.6 Å². The number of carbonyl (C=O) groups excluding carboxylic acids is 3. The number of fused-ring (bicyclic) bond motifs is 3. The van der Waals surface area contributed by atoms with E-state index in [0.29, 0.717) is 25.7 Å². The number of hydrogen-bond donors (Lipinski definition) is 2. The zero-order valence-electron chi connectivity index (χ0n) is 26.0. The van der Waals surface area contributed by atoms with Crippen LogP contribution in [0.5, 0.6) is 0 Å². The average Bonchev–Trinajstić information content (AvgIpc) is 3.39. The number of aliphatic hydroxyl groups is 2. The van der Waals surface area contributed by atoms with Crippen LogP contribution in [-0.2, 0) is 28.6 Å². The summed E-state index contributed by atoms with van der Waals surface area (Å²) in [4.78, 5) is 39.9. The molecule has 5 aliphatic rings. The van der Waals surface area contributed by atoms with E-state index in [4.69, 9.17) is 18.6 Å². The fourth-order valence-corrected chi connectivity index (χ4v) is 10.8. The maximum Gasteiger partial charge on any atom is 0.335 e. The Morgan fingerprint density at radius 1 is 1.05 bits per heavy atom. The molecule has 0 amide bonds. The lowest BCUT2D eigenvalue weighted by molar-refractivity contribution is -0.289. The van der Waals surface area contributed by atoms with E-state index in [1.54, 1.807) is 26.4 Å². The Balaban J connectivity index is 1.53. The number of ketones is 1. The molecule has 9 nitrogen and oxygen atoms in total. The van der Waals surface area contributed by atoms with Gasteiger partial charge in [0.15, 0.2) is 11.9 Å². The summed E-state index contributed by atoms with van der Waals surface area (Å²) in [6.07, 6.45) is 1.29. The Morgan fingerprint density at radius 2 is 1.74 bits per heavy atom. The highest BCUT2D eigenvalue weighted by Gasteiger charge is 2.90. The fraction of sp³-hybridized carbons (Fsp3) is 0.788. The SMILES string of the molecule is CC(=O)O[C@H]1C[C@@H](O)C(C)(C)[C@@H]2C[C@@H](OC(=O)C(O)C(C)C)[C@]3(C)[C@H](CC[C@@]4(C)[C@H](c5ccoc5)C(=O)[C@H]5O[C@@]534)[C@@]12C. The zero-order chi connectivity index (χ0) is 30.8. The summed E-state index contributed by atoms with van der Waals surface area (Å²) in [6, 6.07) is 1.84. The Hall–Kier alpha value is -2.23. The third-order valence-electron chi connectivity index (χ3n) is 12.9. The Morgan fingerprint density at radius 3 is 2.33 bits per heavy atom. The summed E-state index contributed by atoms with van der Waals surface area (Å²) in [5.41, 5.74) is -2.75. The molecule has 1 aromatic heterocycles. The minimum atomic E-state index is -1.30. The van der Waals surface area contributed by atoms with E-state index in [2.05, 4.69) is 20.8 Å². The molecule has 0 aromatic carbocycles. The molecule has 0 radical (unpaired) electrons. The van der Waals surface area contributed by atoms with E-state index in [0.717, 1.165) is 5.56 Å². The second kappa shape index (κ2) is 9.14. The van der Waals surface area contributed by atoms with Gasteiger partial charge in [0.25, 0.3) is 0 Å². The molecule has 1 aliphatic heterocycles. The van der Waals surface area contributed by atoms with Gasteiger partial charge in [-0.3, -0.25) is 9.59 Å². The van der Waals surface area contributed by atoms with E-state index >= 15 is 0 Å². The highest BCUT2D eigenvalue weighted by molar-refractivity contribution is 5.98. The van der Waals surface area contributed by atoms with Gasteiger partial charge in [-0.2, -0.15) is 0 Å². The van der Waals surface area contributed by atoms with Crippen LogP contribution in [0.25, 0.3) is 0 Å². The molecule has 6 rings (SSSR count). The molecule has 232 valence electrons. The minimum Gasteiger partial charge on any atom is -0.472 e. The average molecular weight is 587 g/mol. The molecule has 2 heterocycles. The number of carbonyl (C=O) groups is 3. The van der Waals surface area contributed by atoms with Crippen LogP contribution in [-0.4, -0.2) is 64.1 Å². The first-order valence-corrected chi connectivity index (χ1v) is 15.5. The molecule has 1 aromatic rings. The van der Waals surface area contributed by atoms with Gasteiger partial charge in [-0.25, -0.2) is 4.79 Å². The van der Waals surface area contributed by atoms with Crippen molar-refractivity contribution in [1.82, 2.24) is 0 Å². The molecule has 1 unspecified atom stereocenters. The number of epoxide rings is 1. The lowest BCUT2D eigenvalue weighted by Gasteiger charge is -2.70. The highest BCUT2D eigenvalue weighted by Crippen LogP contribution is 2.82. The van der Waals surface area contributed by atoms with E-state index < -0.39 is 75.6 Å². The van der Waals surface area contributed by atoms with E-state index in [1.165, 1.54) is 6.92 Å². The smallest absolute Gasteiger partial charge is 0.335 e. The summed E-state index contributed by atoms with van der Waals surface area (Å²) in [5, 5.41) is 22.1. The number of esters is 2. The van der Waals surface area contributed by atoms with Gasteiger partial charge < -0.3 is 28.8 Å². The van der Waals surface area contributed by atoms with Crippen LogP contribution in [0.3, 0.4) is 0 Å². The third kappa shape index (κ3) is 3.44. The van der Waals surface area contributed by atoms with Gasteiger partial charge in [0, 0.05) is 35.2 Å². The van der Waals surface area contributed by atoms with Gasteiger partial charge in [0.2, 0.25) is 0 Å². The predicted octanol–water partition coefficient (Wildman–Crippen LogP) is 4.18. The molecule has 4 saturated carbocycles. The molecular weight excluding hydrogens is 540 g/mol. The number of Topliss-reactive ketones (excluding diaryl/α,β-unsaturated/α-hetero) is 1. The van der Waals surface area contributed by atoms with Gasteiger partial charge in [-0.1, -0.05) is 48.5 Å². The van der Waals surface area contributed by atoms with E-state index in [-0.39, 0.29) is 23.5 Å². The zero-order valence-corrected chi connectivity index (χ0v) is 26.0. The number of rotatable bonds is 5. The quantitative estimate of drug-likeness (QED) is 0.385. The second-order valence-corrected chi connectivity index (χ2v) is 15.4. The first-order chi connectivity index (χ1) is 19.5. The number of aliphatic hydroxyl groups excluding tert-OH is 2. The van der Waals surface area contributed by atoms with Crippen molar-refractivity contribution in [3.8, 4) is 0 Å². The van der Waals surface area contributed by atoms with Gasteiger partial charge in [-0.15, -0.1) is 0 Å². The number of furan rings is 1. The van der Waals surface area contributed by atoms with Crippen LogP contribution in [0, 0.1) is 39.4 Å². The summed E-state index contributed by atoms with van der Waals surface area (Å²) in [5.74, 6) is -2.22. The minimum absolute atomic E-state index is 0.0104. The van der Waals surface area contributed by atoms with Crippen molar-refractivity contribution in [3.05, 3.63) is 24.2 Å². The molecule has 42 heavy (non-hydrogen) atoms. The van der Waals surface area contributed by atoms with Crippen molar-refractivity contribution in [2.24, 2.45) is 39.4 Å². The Bertz CT molecular complexity index is 1290. The highest BCUT2D eigenvalue weighted by atomic mass is 16.6. The lowest BCUT2D eigenvalue weighted by atomic mass is 9.35. The van der Waals surface area contributed by atoms with Gasteiger partial charge in [0.05, 0.1) is 24.5 Å². The molecule has 1 spiro atoms. The number of ether oxygens (including phenoxy) is 3.